The van der Waals surface area contributed by atoms with E-state index < -0.39 is 36.6 Å². The number of nitrogens with one attached hydrogen (secondary N) is 1. The number of carboxylic acids is 1. The lowest BCUT2D eigenvalue weighted by Crippen LogP contribution is -2.44. The van der Waals surface area contributed by atoms with Gasteiger partial charge in [0.2, 0.25) is 0 Å². The maximum atomic E-state index is 14.1. The molecule has 0 aliphatic carbocycles. The number of halogens is 1. The SMILES string of the molecule is CC(C)(C)OC(=O)N[C@@H](Cc1ccc(CCB(O)O)cc1F)C(=O)O. The van der Waals surface area contributed by atoms with Gasteiger partial charge in [0.05, 0.1) is 0 Å². The van der Waals surface area contributed by atoms with Crippen LogP contribution in [0.1, 0.15) is 31.9 Å². The number of rotatable bonds is 7. The number of ether oxygens (including phenoxy) is 1. The molecule has 0 aromatic heterocycles. The van der Waals surface area contributed by atoms with E-state index in [1.165, 1.54) is 12.1 Å². The number of hydrogen-bond donors (Lipinski definition) is 4. The zero-order valence-corrected chi connectivity index (χ0v) is 14.5. The van der Waals surface area contributed by atoms with Crippen molar-refractivity contribution in [2.24, 2.45) is 0 Å². The standard InChI is InChI=1S/C16H23BFNO6/c1-16(2,3)25-15(22)19-13(14(20)21)9-11-5-4-10(8-12(11)18)6-7-17(23)24/h4-5,8,13,23-24H,6-7,9H2,1-3H3,(H,19,22)(H,20,21)/t13-/m0/s1. The lowest BCUT2D eigenvalue weighted by atomic mass is 9.82. The molecule has 0 heterocycles. The van der Waals surface area contributed by atoms with Gasteiger partial charge in [-0.1, -0.05) is 12.1 Å². The fourth-order valence-corrected chi connectivity index (χ4v) is 2.08. The van der Waals surface area contributed by atoms with Crippen molar-refractivity contribution in [2.45, 2.75) is 51.6 Å². The van der Waals surface area contributed by atoms with Crippen LogP contribution >= 0.6 is 0 Å². The van der Waals surface area contributed by atoms with Gasteiger partial charge < -0.3 is 25.2 Å². The highest BCUT2D eigenvalue weighted by atomic mass is 19.1. The first-order valence-electron chi connectivity index (χ1n) is 7.83. The zero-order valence-electron chi connectivity index (χ0n) is 14.5. The van der Waals surface area contributed by atoms with Gasteiger partial charge in [-0.25, -0.2) is 14.0 Å². The van der Waals surface area contributed by atoms with Crippen molar-refractivity contribution in [1.29, 1.82) is 0 Å². The summed E-state index contributed by atoms with van der Waals surface area (Å²) in [6.45, 7) is 4.93. The lowest BCUT2D eigenvalue weighted by Gasteiger charge is -2.22. The van der Waals surface area contributed by atoms with Gasteiger partial charge in [0.25, 0.3) is 0 Å². The lowest BCUT2D eigenvalue weighted by molar-refractivity contribution is -0.139. The third-order valence-corrected chi connectivity index (χ3v) is 3.22. The number of aliphatic carboxylic acids is 1. The highest BCUT2D eigenvalue weighted by molar-refractivity contribution is 6.40. The van der Waals surface area contributed by atoms with Crippen molar-refractivity contribution in [3.8, 4) is 0 Å². The normalized spacial score (nSPS) is 12.4. The minimum Gasteiger partial charge on any atom is -0.480 e. The van der Waals surface area contributed by atoms with Gasteiger partial charge in [0.15, 0.2) is 0 Å². The van der Waals surface area contributed by atoms with Gasteiger partial charge in [-0.05, 0) is 50.7 Å². The Hall–Kier alpha value is -2.13. The van der Waals surface area contributed by atoms with E-state index in [1.54, 1.807) is 26.8 Å². The second-order valence-electron chi connectivity index (χ2n) is 6.69. The Morgan fingerprint density at radius 1 is 1.32 bits per heavy atom. The van der Waals surface area contributed by atoms with Crippen molar-refractivity contribution in [1.82, 2.24) is 5.32 Å². The molecule has 0 radical (unpaired) electrons. The molecule has 1 aromatic carbocycles. The summed E-state index contributed by atoms with van der Waals surface area (Å²) in [6.07, 6.45) is -0.804. The molecule has 0 saturated heterocycles. The molecule has 0 bridgehead atoms. The molecular weight excluding hydrogens is 332 g/mol. The Bertz CT molecular complexity index is 617. The Morgan fingerprint density at radius 2 is 1.96 bits per heavy atom. The van der Waals surface area contributed by atoms with Crippen LogP contribution < -0.4 is 5.32 Å². The van der Waals surface area contributed by atoms with Gasteiger partial charge >= 0.3 is 19.2 Å². The van der Waals surface area contributed by atoms with Crippen LogP contribution in [0.2, 0.25) is 6.32 Å². The predicted molar refractivity (Wildman–Crippen MR) is 89.6 cm³/mol. The maximum Gasteiger partial charge on any atom is 0.451 e. The van der Waals surface area contributed by atoms with Crippen molar-refractivity contribution in [3.63, 3.8) is 0 Å². The second kappa shape index (κ2) is 8.82. The molecule has 1 atom stereocenters. The van der Waals surface area contributed by atoms with E-state index in [0.717, 1.165) is 0 Å². The predicted octanol–water partition coefficient (Wildman–Crippen LogP) is 1.36. The minimum absolute atomic E-state index is 0.0662. The molecule has 7 nitrogen and oxygen atoms in total. The fourth-order valence-electron chi connectivity index (χ4n) is 2.08. The summed E-state index contributed by atoms with van der Waals surface area (Å²) in [7, 11) is -1.47. The molecule has 0 aliphatic heterocycles. The number of carbonyl (C=O) groups is 2. The van der Waals surface area contributed by atoms with E-state index in [-0.39, 0.29) is 24.7 Å². The molecule has 0 saturated carbocycles. The van der Waals surface area contributed by atoms with Crippen molar-refractivity contribution in [3.05, 3.63) is 35.1 Å². The van der Waals surface area contributed by atoms with Crippen molar-refractivity contribution in [2.75, 3.05) is 0 Å². The highest BCUT2D eigenvalue weighted by Gasteiger charge is 2.25. The smallest absolute Gasteiger partial charge is 0.451 e. The molecule has 1 amide bonds. The summed E-state index contributed by atoms with van der Waals surface area (Å²) >= 11 is 0. The second-order valence-corrected chi connectivity index (χ2v) is 6.69. The van der Waals surface area contributed by atoms with E-state index in [2.05, 4.69) is 5.32 Å². The molecule has 0 unspecified atom stereocenters. The summed E-state index contributed by atoms with van der Waals surface area (Å²) in [5.74, 6) is -1.93. The van der Waals surface area contributed by atoms with Crippen molar-refractivity contribution < 1.29 is 33.9 Å². The number of alkyl carbamates (subject to hydrolysis) is 1. The third-order valence-electron chi connectivity index (χ3n) is 3.22. The monoisotopic (exact) mass is 355 g/mol. The summed E-state index contributed by atoms with van der Waals surface area (Å²) in [5, 5.41) is 29.1. The maximum absolute atomic E-state index is 14.1. The highest BCUT2D eigenvalue weighted by Crippen LogP contribution is 2.15. The average Bonchev–Trinajstić information content (AvgIpc) is 2.44. The number of benzene rings is 1. The van der Waals surface area contributed by atoms with Crippen LogP contribution in [0.4, 0.5) is 9.18 Å². The van der Waals surface area contributed by atoms with E-state index in [4.69, 9.17) is 14.8 Å². The van der Waals surface area contributed by atoms with Crippen LogP contribution in [0.25, 0.3) is 0 Å². The van der Waals surface area contributed by atoms with Gasteiger partial charge in [-0.2, -0.15) is 0 Å². The van der Waals surface area contributed by atoms with Gasteiger partial charge in [-0.15, -0.1) is 0 Å². The van der Waals surface area contributed by atoms with Crippen LogP contribution in [0.3, 0.4) is 0 Å². The molecule has 138 valence electrons. The summed E-state index contributed by atoms with van der Waals surface area (Å²) < 4.78 is 19.2. The van der Waals surface area contributed by atoms with Gasteiger partial charge in [0, 0.05) is 6.42 Å². The molecule has 9 heteroatoms. The Kier molecular flexibility index (Phi) is 7.38. The van der Waals surface area contributed by atoms with E-state index in [1.807, 2.05) is 0 Å². The van der Waals surface area contributed by atoms with E-state index in [9.17, 15) is 19.1 Å². The molecular formula is C16H23BFNO6. The molecule has 1 rings (SSSR count). The van der Waals surface area contributed by atoms with Gasteiger partial charge in [-0.3, -0.25) is 0 Å². The fraction of sp³-hybridized carbons (Fsp3) is 0.500. The molecule has 0 aliphatic rings. The topological polar surface area (TPSA) is 116 Å². The van der Waals surface area contributed by atoms with Crippen LogP contribution in [-0.4, -0.2) is 46.0 Å². The van der Waals surface area contributed by atoms with Crippen LogP contribution in [-0.2, 0) is 22.4 Å². The molecule has 1 aromatic rings. The molecule has 25 heavy (non-hydrogen) atoms. The van der Waals surface area contributed by atoms with E-state index >= 15 is 0 Å². The van der Waals surface area contributed by atoms with Crippen LogP contribution in [0.5, 0.6) is 0 Å². The summed E-state index contributed by atoms with van der Waals surface area (Å²) in [5.41, 5.74) is -0.102. The number of aryl methyl sites for hydroxylation is 1. The number of carbonyl (C=O) groups excluding carboxylic acids is 1. The van der Waals surface area contributed by atoms with E-state index in [0.29, 0.717) is 5.56 Å². The molecule has 4 N–H and O–H groups in total. The number of amides is 1. The largest absolute Gasteiger partial charge is 0.480 e. The minimum atomic E-state index is -1.47. The number of carboxylic acid groups (broad SMARTS) is 1. The average molecular weight is 355 g/mol. The Labute approximate surface area is 146 Å². The van der Waals surface area contributed by atoms with Crippen LogP contribution in [0, 0.1) is 5.82 Å². The third kappa shape index (κ3) is 8.00. The first kappa shape index (κ1) is 20.9. The zero-order chi connectivity index (χ0) is 19.2. The van der Waals surface area contributed by atoms with Crippen molar-refractivity contribution >= 4 is 19.2 Å². The Morgan fingerprint density at radius 3 is 2.44 bits per heavy atom. The quantitative estimate of drug-likeness (QED) is 0.549. The summed E-state index contributed by atoms with van der Waals surface area (Å²) in [4.78, 5) is 23.0. The summed E-state index contributed by atoms with van der Waals surface area (Å²) in [6, 6.07) is 2.87. The molecule has 0 fully saturated rings. The first-order valence-corrected chi connectivity index (χ1v) is 7.83. The number of hydrogen-bond acceptors (Lipinski definition) is 5. The Balaban J connectivity index is 2.78. The van der Waals surface area contributed by atoms with Gasteiger partial charge in [0.1, 0.15) is 17.5 Å². The molecule has 0 spiro atoms. The first-order chi connectivity index (χ1) is 11.5. The van der Waals surface area contributed by atoms with Crippen LogP contribution in [0.15, 0.2) is 18.2 Å².